The Kier molecular flexibility index (Phi) is 11.3. The second-order valence-corrected chi connectivity index (χ2v) is 5.94. The number of nitrogens with one attached hydrogen (secondary N) is 2. The van der Waals surface area contributed by atoms with Crippen molar-refractivity contribution < 1.29 is 9.59 Å². The fourth-order valence-corrected chi connectivity index (χ4v) is 2.41. The van der Waals surface area contributed by atoms with Gasteiger partial charge in [0.1, 0.15) is 0 Å². The van der Waals surface area contributed by atoms with Gasteiger partial charge in [0, 0.05) is 49.7 Å². The standard InChI is InChI=1S/C19H24N4O2.2ClH/c1-14(12-20-2)18(24)22-13-15-4-6-17(7-5-15)23(3)19(25)16-8-10-21-11-9-16;;/h4-11,14,20H,12-13H2,1-3H3,(H,22,24);2*1H. The minimum Gasteiger partial charge on any atom is -0.352 e. The van der Waals surface area contributed by atoms with Gasteiger partial charge >= 0.3 is 0 Å². The third kappa shape index (κ3) is 7.17. The van der Waals surface area contributed by atoms with Crippen LogP contribution in [0, 0.1) is 5.92 Å². The van der Waals surface area contributed by atoms with Gasteiger partial charge in [0.05, 0.1) is 0 Å². The van der Waals surface area contributed by atoms with Gasteiger partial charge in [0.2, 0.25) is 5.91 Å². The van der Waals surface area contributed by atoms with Crippen LogP contribution in [0.1, 0.15) is 22.8 Å². The van der Waals surface area contributed by atoms with Gasteiger partial charge in [0.15, 0.2) is 0 Å². The van der Waals surface area contributed by atoms with E-state index in [0.717, 1.165) is 11.3 Å². The van der Waals surface area contributed by atoms with Gasteiger partial charge in [-0.25, -0.2) is 0 Å². The van der Waals surface area contributed by atoms with Gasteiger partial charge in [-0.1, -0.05) is 19.1 Å². The molecule has 8 heteroatoms. The molecule has 0 aliphatic carbocycles. The monoisotopic (exact) mass is 412 g/mol. The van der Waals surface area contributed by atoms with E-state index in [9.17, 15) is 9.59 Å². The molecule has 0 spiro atoms. The van der Waals surface area contributed by atoms with Crippen molar-refractivity contribution in [3.05, 3.63) is 59.9 Å². The molecule has 0 aliphatic heterocycles. The molecule has 2 amide bonds. The number of pyridine rings is 1. The number of halogens is 2. The molecule has 2 rings (SSSR count). The van der Waals surface area contributed by atoms with Gasteiger partial charge < -0.3 is 15.5 Å². The van der Waals surface area contributed by atoms with Crippen molar-refractivity contribution in [2.24, 2.45) is 5.92 Å². The summed E-state index contributed by atoms with van der Waals surface area (Å²) in [6.07, 6.45) is 3.20. The van der Waals surface area contributed by atoms with Crippen LogP contribution >= 0.6 is 24.8 Å². The number of benzene rings is 1. The number of aromatic nitrogens is 1. The molecule has 1 heterocycles. The first-order valence-electron chi connectivity index (χ1n) is 8.22. The molecule has 0 saturated carbocycles. The molecule has 27 heavy (non-hydrogen) atoms. The van der Waals surface area contributed by atoms with E-state index in [4.69, 9.17) is 0 Å². The van der Waals surface area contributed by atoms with Crippen LogP contribution in [0.25, 0.3) is 0 Å². The molecule has 0 fully saturated rings. The zero-order valence-corrected chi connectivity index (χ0v) is 17.3. The van der Waals surface area contributed by atoms with Crippen LogP contribution in [-0.4, -0.2) is 37.4 Å². The van der Waals surface area contributed by atoms with Crippen molar-refractivity contribution >= 4 is 42.3 Å². The molecule has 0 saturated heterocycles. The average Bonchev–Trinajstić information content (AvgIpc) is 2.66. The first-order valence-corrected chi connectivity index (χ1v) is 8.22. The maximum absolute atomic E-state index is 12.4. The number of anilines is 1. The van der Waals surface area contributed by atoms with E-state index in [0.29, 0.717) is 18.7 Å². The van der Waals surface area contributed by atoms with E-state index >= 15 is 0 Å². The lowest BCUT2D eigenvalue weighted by atomic mass is 10.1. The molecule has 6 nitrogen and oxygen atoms in total. The first kappa shape index (κ1) is 24.8. The van der Waals surface area contributed by atoms with Crippen LogP contribution < -0.4 is 15.5 Å². The van der Waals surface area contributed by atoms with Crippen LogP contribution in [0.15, 0.2) is 48.8 Å². The fourth-order valence-electron chi connectivity index (χ4n) is 2.41. The highest BCUT2D eigenvalue weighted by Crippen LogP contribution is 2.16. The molecule has 2 N–H and O–H groups in total. The highest BCUT2D eigenvalue weighted by atomic mass is 35.5. The molecule has 1 unspecified atom stereocenters. The van der Waals surface area contributed by atoms with Crippen molar-refractivity contribution in [3.63, 3.8) is 0 Å². The minimum absolute atomic E-state index is 0. The number of amides is 2. The molecule has 0 bridgehead atoms. The van der Waals surface area contributed by atoms with E-state index in [1.54, 1.807) is 36.5 Å². The van der Waals surface area contributed by atoms with E-state index < -0.39 is 0 Å². The Labute approximate surface area is 172 Å². The number of hydrogen-bond donors (Lipinski definition) is 2. The zero-order chi connectivity index (χ0) is 18.2. The topological polar surface area (TPSA) is 74.3 Å². The summed E-state index contributed by atoms with van der Waals surface area (Å²) in [5.41, 5.74) is 2.37. The Hall–Kier alpha value is -2.15. The molecule has 148 valence electrons. The second kappa shape index (κ2) is 12.3. The Bertz CT molecular complexity index is 711. The Morgan fingerprint density at radius 2 is 1.67 bits per heavy atom. The Balaban J connectivity index is 0.00000338. The third-order valence-corrected chi connectivity index (χ3v) is 3.98. The molecule has 1 atom stereocenters. The summed E-state index contributed by atoms with van der Waals surface area (Å²) in [6, 6.07) is 10.9. The number of carbonyl (C=O) groups excluding carboxylic acids is 2. The SMILES string of the molecule is CNCC(C)C(=O)NCc1ccc(N(C)C(=O)c2ccncc2)cc1.Cl.Cl. The lowest BCUT2D eigenvalue weighted by Crippen LogP contribution is -2.33. The summed E-state index contributed by atoms with van der Waals surface area (Å²) in [4.78, 5) is 29.8. The van der Waals surface area contributed by atoms with Gasteiger partial charge in [0.25, 0.3) is 5.91 Å². The number of nitrogens with zero attached hydrogens (tertiary/aromatic N) is 2. The van der Waals surface area contributed by atoms with Crippen LogP contribution in [0.3, 0.4) is 0 Å². The summed E-state index contributed by atoms with van der Waals surface area (Å²) in [6.45, 7) is 3.00. The largest absolute Gasteiger partial charge is 0.352 e. The van der Waals surface area contributed by atoms with E-state index in [-0.39, 0.29) is 42.5 Å². The molecule has 0 aliphatic rings. The highest BCUT2D eigenvalue weighted by molar-refractivity contribution is 6.05. The van der Waals surface area contributed by atoms with Crippen molar-refractivity contribution in [2.75, 3.05) is 25.5 Å². The van der Waals surface area contributed by atoms with Crippen LogP contribution in [0.5, 0.6) is 0 Å². The van der Waals surface area contributed by atoms with Gasteiger partial charge in [-0.05, 0) is 36.9 Å². The summed E-state index contributed by atoms with van der Waals surface area (Å²) < 4.78 is 0. The maximum atomic E-state index is 12.4. The predicted molar refractivity (Wildman–Crippen MR) is 113 cm³/mol. The molecule has 2 aromatic rings. The summed E-state index contributed by atoms with van der Waals surface area (Å²) in [5, 5.41) is 5.90. The maximum Gasteiger partial charge on any atom is 0.258 e. The Morgan fingerprint density at radius 1 is 1.07 bits per heavy atom. The normalized spacial score (nSPS) is 10.8. The quantitative estimate of drug-likeness (QED) is 0.732. The smallest absolute Gasteiger partial charge is 0.258 e. The molecule has 1 aromatic carbocycles. The van der Waals surface area contributed by atoms with Crippen molar-refractivity contribution in [1.82, 2.24) is 15.6 Å². The van der Waals surface area contributed by atoms with Crippen molar-refractivity contribution in [3.8, 4) is 0 Å². The first-order chi connectivity index (χ1) is 12.0. The summed E-state index contributed by atoms with van der Waals surface area (Å²) >= 11 is 0. The Morgan fingerprint density at radius 3 is 2.22 bits per heavy atom. The van der Waals surface area contributed by atoms with Crippen molar-refractivity contribution in [1.29, 1.82) is 0 Å². The minimum atomic E-state index is -0.0932. The van der Waals surface area contributed by atoms with Crippen molar-refractivity contribution in [2.45, 2.75) is 13.5 Å². The van der Waals surface area contributed by atoms with Crippen LogP contribution in [-0.2, 0) is 11.3 Å². The average molecular weight is 413 g/mol. The molecule has 0 radical (unpaired) electrons. The van der Waals surface area contributed by atoms with Gasteiger partial charge in [-0.3, -0.25) is 14.6 Å². The van der Waals surface area contributed by atoms with Gasteiger partial charge in [-0.15, -0.1) is 24.8 Å². The molecular weight excluding hydrogens is 387 g/mol. The lowest BCUT2D eigenvalue weighted by molar-refractivity contribution is -0.124. The predicted octanol–water partition coefficient (Wildman–Crippen LogP) is 2.67. The van der Waals surface area contributed by atoms with E-state index in [2.05, 4.69) is 15.6 Å². The lowest BCUT2D eigenvalue weighted by Gasteiger charge is -2.18. The second-order valence-electron chi connectivity index (χ2n) is 5.94. The van der Waals surface area contributed by atoms with Gasteiger partial charge in [-0.2, -0.15) is 0 Å². The number of rotatable bonds is 7. The fraction of sp³-hybridized carbons (Fsp3) is 0.316. The number of carbonyl (C=O) groups is 2. The third-order valence-electron chi connectivity index (χ3n) is 3.98. The summed E-state index contributed by atoms with van der Waals surface area (Å²) in [5.74, 6) is -0.152. The number of hydrogen-bond acceptors (Lipinski definition) is 4. The summed E-state index contributed by atoms with van der Waals surface area (Å²) in [7, 11) is 3.56. The highest BCUT2D eigenvalue weighted by Gasteiger charge is 2.14. The van der Waals surface area contributed by atoms with Crippen LogP contribution in [0.4, 0.5) is 5.69 Å². The van der Waals surface area contributed by atoms with E-state index in [1.165, 1.54) is 0 Å². The van der Waals surface area contributed by atoms with Crippen LogP contribution in [0.2, 0.25) is 0 Å². The zero-order valence-electron chi connectivity index (χ0n) is 15.6. The van der Waals surface area contributed by atoms with E-state index in [1.807, 2.05) is 38.2 Å². The molecular formula is C19H26Cl2N4O2. The molecule has 1 aromatic heterocycles.